The molecule has 7 nitrogen and oxygen atoms in total. The van der Waals surface area contributed by atoms with Gasteiger partial charge in [-0.1, -0.05) is 29.5 Å². The van der Waals surface area contributed by atoms with Crippen molar-refractivity contribution in [1.82, 2.24) is 20.1 Å². The molecule has 1 aromatic carbocycles. The van der Waals surface area contributed by atoms with E-state index in [1.165, 1.54) is 0 Å². The largest absolute Gasteiger partial charge is 0.494 e. The number of anilines is 1. The first-order valence-electron chi connectivity index (χ1n) is 9.95. The van der Waals surface area contributed by atoms with E-state index in [0.717, 1.165) is 41.0 Å². The van der Waals surface area contributed by atoms with E-state index < -0.39 is 0 Å². The first-order chi connectivity index (χ1) is 14.2. The molecule has 0 unspecified atom stereocenters. The standard InChI is InChI=1S/C21H25N5O2S/c1-2-28-18-10-4-3-8-16(18)14-22-19(27)17-9-7-13-26(15-17)21-24-23-20(29-21)25-11-5-6-12-25/h3-6,8,10-12,17H,2,7,9,13-15H2,1H3,(H,22,27)/t17-/m1/s1. The number of aromatic nitrogens is 3. The lowest BCUT2D eigenvalue weighted by atomic mass is 9.97. The van der Waals surface area contributed by atoms with E-state index in [4.69, 9.17) is 4.74 Å². The van der Waals surface area contributed by atoms with Gasteiger partial charge in [-0.15, -0.1) is 10.2 Å². The molecule has 1 fully saturated rings. The molecule has 8 heteroatoms. The summed E-state index contributed by atoms with van der Waals surface area (Å²) in [5.41, 5.74) is 0.996. The van der Waals surface area contributed by atoms with Crippen LogP contribution in [0.3, 0.4) is 0 Å². The Kier molecular flexibility index (Phi) is 6.09. The third-order valence-corrected chi connectivity index (χ3v) is 6.01. The molecule has 3 heterocycles. The Labute approximate surface area is 174 Å². The first kappa shape index (κ1) is 19.4. The van der Waals surface area contributed by atoms with Crippen LogP contribution in [0.15, 0.2) is 48.8 Å². The summed E-state index contributed by atoms with van der Waals surface area (Å²) in [6.45, 7) is 4.61. The minimum Gasteiger partial charge on any atom is -0.494 e. The molecule has 0 radical (unpaired) electrons. The van der Waals surface area contributed by atoms with Crippen molar-refractivity contribution < 1.29 is 9.53 Å². The third kappa shape index (κ3) is 4.59. The second-order valence-electron chi connectivity index (χ2n) is 7.00. The summed E-state index contributed by atoms with van der Waals surface area (Å²) in [6, 6.07) is 11.8. The first-order valence-corrected chi connectivity index (χ1v) is 10.8. The molecule has 1 aliphatic rings. The van der Waals surface area contributed by atoms with Gasteiger partial charge in [-0.05, 0) is 38.0 Å². The van der Waals surface area contributed by atoms with Gasteiger partial charge in [-0.2, -0.15) is 0 Å². The lowest BCUT2D eigenvalue weighted by Crippen LogP contribution is -2.43. The summed E-state index contributed by atoms with van der Waals surface area (Å²) < 4.78 is 7.60. The lowest BCUT2D eigenvalue weighted by molar-refractivity contribution is -0.125. The fraction of sp³-hybridized carbons (Fsp3) is 0.381. The Hall–Kier alpha value is -2.87. The number of benzene rings is 1. The number of nitrogens with one attached hydrogen (secondary N) is 1. The number of hydrogen-bond donors (Lipinski definition) is 1. The normalized spacial score (nSPS) is 16.6. The summed E-state index contributed by atoms with van der Waals surface area (Å²) in [6.07, 6.45) is 5.76. The van der Waals surface area contributed by atoms with E-state index in [1.54, 1.807) is 11.3 Å². The van der Waals surface area contributed by atoms with Crippen LogP contribution in [0.5, 0.6) is 5.75 Å². The van der Waals surface area contributed by atoms with Gasteiger partial charge in [0.05, 0.1) is 12.5 Å². The average molecular weight is 412 g/mol. The second kappa shape index (κ2) is 9.09. The van der Waals surface area contributed by atoms with Crippen LogP contribution in [0.2, 0.25) is 0 Å². The van der Waals surface area contributed by atoms with Crippen molar-refractivity contribution in [3.63, 3.8) is 0 Å². The minimum absolute atomic E-state index is 0.0538. The number of piperidine rings is 1. The van der Waals surface area contributed by atoms with E-state index in [0.29, 0.717) is 19.7 Å². The highest BCUT2D eigenvalue weighted by Crippen LogP contribution is 2.28. The monoisotopic (exact) mass is 411 g/mol. The number of amides is 1. The fourth-order valence-electron chi connectivity index (χ4n) is 3.54. The highest BCUT2D eigenvalue weighted by atomic mass is 32.1. The zero-order valence-corrected chi connectivity index (χ0v) is 17.3. The number of para-hydroxylation sites is 1. The molecule has 2 aromatic heterocycles. The summed E-state index contributed by atoms with van der Waals surface area (Å²) in [5, 5.41) is 13.4. The predicted molar refractivity (Wildman–Crippen MR) is 114 cm³/mol. The van der Waals surface area contributed by atoms with E-state index in [1.807, 2.05) is 60.3 Å². The highest BCUT2D eigenvalue weighted by molar-refractivity contribution is 7.17. The fourth-order valence-corrected chi connectivity index (χ4v) is 4.39. The molecule has 0 spiro atoms. The van der Waals surface area contributed by atoms with Crippen LogP contribution in [0.1, 0.15) is 25.3 Å². The van der Waals surface area contributed by atoms with Gasteiger partial charge >= 0.3 is 0 Å². The number of carbonyl (C=O) groups is 1. The maximum atomic E-state index is 12.8. The lowest BCUT2D eigenvalue weighted by Gasteiger charge is -2.31. The number of rotatable bonds is 7. The number of hydrogen-bond acceptors (Lipinski definition) is 6. The SMILES string of the molecule is CCOc1ccccc1CNC(=O)[C@@H]1CCCN(c2nnc(-n3cccc3)s2)C1. The Balaban J connectivity index is 1.36. The number of ether oxygens (including phenoxy) is 1. The van der Waals surface area contributed by atoms with Gasteiger partial charge in [0.2, 0.25) is 16.2 Å². The molecule has 0 bridgehead atoms. The van der Waals surface area contributed by atoms with Crippen LogP contribution in [0.4, 0.5) is 5.13 Å². The molecule has 1 atom stereocenters. The van der Waals surface area contributed by atoms with E-state index in [9.17, 15) is 4.79 Å². The molecule has 29 heavy (non-hydrogen) atoms. The molecule has 1 amide bonds. The molecule has 152 valence electrons. The van der Waals surface area contributed by atoms with Crippen LogP contribution >= 0.6 is 11.3 Å². The Morgan fingerprint density at radius 1 is 1.21 bits per heavy atom. The molecule has 1 aliphatic heterocycles. The molecule has 1 N–H and O–H groups in total. The van der Waals surface area contributed by atoms with Gasteiger partial charge in [0.25, 0.3) is 0 Å². The quantitative estimate of drug-likeness (QED) is 0.646. The van der Waals surface area contributed by atoms with Crippen molar-refractivity contribution in [2.24, 2.45) is 5.92 Å². The van der Waals surface area contributed by atoms with E-state index in [-0.39, 0.29) is 11.8 Å². The van der Waals surface area contributed by atoms with Crippen LogP contribution in [0.25, 0.3) is 5.13 Å². The highest BCUT2D eigenvalue weighted by Gasteiger charge is 2.27. The smallest absolute Gasteiger partial charge is 0.225 e. The Morgan fingerprint density at radius 2 is 2.00 bits per heavy atom. The van der Waals surface area contributed by atoms with Gasteiger partial charge < -0.3 is 15.0 Å². The van der Waals surface area contributed by atoms with Crippen molar-refractivity contribution in [3.05, 3.63) is 54.4 Å². The van der Waals surface area contributed by atoms with Gasteiger partial charge in [0.15, 0.2) is 0 Å². The summed E-state index contributed by atoms with van der Waals surface area (Å²) in [4.78, 5) is 15.0. The maximum absolute atomic E-state index is 12.8. The molecule has 0 aliphatic carbocycles. The maximum Gasteiger partial charge on any atom is 0.225 e. The van der Waals surface area contributed by atoms with Crippen molar-refractivity contribution >= 4 is 22.4 Å². The predicted octanol–water partition coefficient (Wildman–Crippen LogP) is 3.26. The third-order valence-electron chi connectivity index (χ3n) is 5.02. The van der Waals surface area contributed by atoms with Crippen LogP contribution in [-0.2, 0) is 11.3 Å². The van der Waals surface area contributed by atoms with Crippen molar-refractivity contribution in [2.75, 3.05) is 24.6 Å². The van der Waals surface area contributed by atoms with Crippen LogP contribution < -0.4 is 15.0 Å². The van der Waals surface area contributed by atoms with Crippen molar-refractivity contribution in [1.29, 1.82) is 0 Å². The topological polar surface area (TPSA) is 72.3 Å². The van der Waals surface area contributed by atoms with E-state index >= 15 is 0 Å². The summed E-state index contributed by atoms with van der Waals surface area (Å²) >= 11 is 1.55. The van der Waals surface area contributed by atoms with Gasteiger partial charge in [0.1, 0.15) is 5.75 Å². The van der Waals surface area contributed by atoms with Crippen molar-refractivity contribution in [3.8, 4) is 10.9 Å². The van der Waals surface area contributed by atoms with Crippen LogP contribution in [0, 0.1) is 5.92 Å². The molecule has 0 saturated carbocycles. The van der Waals surface area contributed by atoms with Gasteiger partial charge in [-0.3, -0.25) is 9.36 Å². The molecule has 4 rings (SSSR count). The van der Waals surface area contributed by atoms with Gasteiger partial charge in [-0.25, -0.2) is 0 Å². The molecular weight excluding hydrogens is 386 g/mol. The second-order valence-corrected chi connectivity index (χ2v) is 7.94. The minimum atomic E-state index is -0.0538. The summed E-state index contributed by atoms with van der Waals surface area (Å²) in [7, 11) is 0. The molecule has 3 aromatic rings. The van der Waals surface area contributed by atoms with Crippen LogP contribution in [-0.4, -0.2) is 40.4 Å². The number of nitrogens with zero attached hydrogens (tertiary/aromatic N) is 4. The molecular formula is C21H25N5O2S. The van der Waals surface area contributed by atoms with E-state index in [2.05, 4.69) is 20.4 Å². The Morgan fingerprint density at radius 3 is 2.83 bits per heavy atom. The average Bonchev–Trinajstić information content (AvgIpc) is 3.45. The number of carbonyl (C=O) groups excluding carboxylic acids is 1. The van der Waals surface area contributed by atoms with Gasteiger partial charge in [0, 0.05) is 37.6 Å². The summed E-state index contributed by atoms with van der Waals surface area (Å²) in [5.74, 6) is 0.852. The molecule has 1 saturated heterocycles. The van der Waals surface area contributed by atoms with Crippen molar-refractivity contribution in [2.45, 2.75) is 26.3 Å². The zero-order chi connectivity index (χ0) is 20.1. The Bertz CT molecular complexity index is 940. The zero-order valence-electron chi connectivity index (χ0n) is 16.5.